The molecule has 2 amide bonds. The molecule has 1 atom stereocenters. The largest absolute Gasteiger partial charge is 0.361 e. The number of amides is 2. The predicted octanol–water partition coefficient (Wildman–Crippen LogP) is 4.00. The Labute approximate surface area is 199 Å². The number of hydrogen-bond donors (Lipinski definition) is 3. The van der Waals surface area contributed by atoms with Crippen LogP contribution < -0.4 is 10.6 Å². The fourth-order valence-corrected chi connectivity index (χ4v) is 4.50. The van der Waals surface area contributed by atoms with Gasteiger partial charge in [0.05, 0.1) is 4.88 Å². The van der Waals surface area contributed by atoms with E-state index in [1.807, 2.05) is 77.8 Å². The van der Waals surface area contributed by atoms with Crippen molar-refractivity contribution in [3.63, 3.8) is 0 Å². The minimum atomic E-state index is -0.771. The lowest BCUT2D eigenvalue weighted by molar-refractivity contribution is -0.118. The van der Waals surface area contributed by atoms with E-state index in [1.54, 1.807) is 12.4 Å². The van der Waals surface area contributed by atoms with E-state index in [-0.39, 0.29) is 11.8 Å². The van der Waals surface area contributed by atoms with Crippen molar-refractivity contribution in [3.05, 3.63) is 89.0 Å². The molecule has 0 aliphatic carbocycles. The maximum Gasteiger partial charge on any atom is 0.262 e. The molecule has 0 aliphatic heterocycles. The van der Waals surface area contributed by atoms with E-state index < -0.39 is 6.04 Å². The molecule has 0 spiro atoms. The monoisotopic (exact) mass is 470 g/mol. The van der Waals surface area contributed by atoms with Gasteiger partial charge in [-0.15, -0.1) is 21.5 Å². The van der Waals surface area contributed by atoms with Crippen molar-refractivity contribution in [2.45, 2.75) is 12.5 Å². The fraction of sp³-hybridized carbons (Fsp3) is 0.120. The zero-order chi connectivity index (χ0) is 23.5. The summed E-state index contributed by atoms with van der Waals surface area (Å²) in [6.07, 6.45) is 3.85. The second-order valence-corrected chi connectivity index (χ2v) is 8.85. The molecular formula is C25H22N6O2S. The number of rotatable bonds is 7. The summed E-state index contributed by atoms with van der Waals surface area (Å²) in [5.41, 5.74) is 3.38. The van der Waals surface area contributed by atoms with Crippen LogP contribution in [-0.4, -0.2) is 37.6 Å². The number of fused-ring (bicyclic) bond motifs is 1. The van der Waals surface area contributed by atoms with Crippen molar-refractivity contribution >= 4 is 39.7 Å². The molecule has 0 aliphatic rings. The summed E-state index contributed by atoms with van der Waals surface area (Å²) in [6, 6.07) is 18.1. The van der Waals surface area contributed by atoms with Crippen molar-refractivity contribution in [2.24, 2.45) is 7.05 Å². The highest BCUT2D eigenvalue weighted by Crippen LogP contribution is 2.22. The normalized spacial score (nSPS) is 11.9. The molecule has 8 nitrogen and oxygen atoms in total. The van der Waals surface area contributed by atoms with Gasteiger partial charge in [-0.1, -0.05) is 36.4 Å². The van der Waals surface area contributed by atoms with Crippen LogP contribution in [0.2, 0.25) is 0 Å². The van der Waals surface area contributed by atoms with E-state index in [2.05, 4.69) is 25.8 Å². The average molecular weight is 471 g/mol. The molecule has 0 unspecified atom stereocenters. The first kappa shape index (κ1) is 21.6. The van der Waals surface area contributed by atoms with E-state index in [0.717, 1.165) is 22.0 Å². The van der Waals surface area contributed by atoms with Crippen LogP contribution in [0, 0.1) is 0 Å². The van der Waals surface area contributed by atoms with Crippen LogP contribution in [0.1, 0.15) is 15.2 Å². The van der Waals surface area contributed by atoms with Crippen LogP contribution in [0.25, 0.3) is 22.3 Å². The summed E-state index contributed by atoms with van der Waals surface area (Å²) >= 11 is 1.34. The minimum Gasteiger partial charge on any atom is -0.361 e. The lowest BCUT2D eigenvalue weighted by Crippen LogP contribution is -2.45. The number of para-hydroxylation sites is 1. The Morgan fingerprint density at radius 3 is 2.79 bits per heavy atom. The maximum absolute atomic E-state index is 13.4. The molecule has 3 N–H and O–H groups in total. The summed E-state index contributed by atoms with van der Waals surface area (Å²) in [4.78, 5) is 30.0. The number of nitrogens with one attached hydrogen (secondary N) is 3. The van der Waals surface area contributed by atoms with E-state index in [0.29, 0.717) is 22.8 Å². The summed E-state index contributed by atoms with van der Waals surface area (Å²) < 4.78 is 1.81. The van der Waals surface area contributed by atoms with Crippen LogP contribution >= 0.6 is 11.3 Å². The van der Waals surface area contributed by atoms with Gasteiger partial charge >= 0.3 is 0 Å². The molecule has 3 heterocycles. The predicted molar refractivity (Wildman–Crippen MR) is 133 cm³/mol. The Morgan fingerprint density at radius 2 is 2.00 bits per heavy atom. The van der Waals surface area contributed by atoms with Gasteiger partial charge in [0.1, 0.15) is 12.4 Å². The van der Waals surface area contributed by atoms with E-state index >= 15 is 0 Å². The summed E-state index contributed by atoms with van der Waals surface area (Å²) in [5.74, 6) is 0.116. The van der Waals surface area contributed by atoms with Gasteiger partial charge in [-0.05, 0) is 35.2 Å². The van der Waals surface area contributed by atoms with Gasteiger partial charge in [0.25, 0.3) is 5.91 Å². The van der Waals surface area contributed by atoms with Crippen molar-refractivity contribution in [1.82, 2.24) is 25.1 Å². The molecule has 34 heavy (non-hydrogen) atoms. The molecule has 170 valence electrons. The molecule has 0 saturated carbocycles. The van der Waals surface area contributed by atoms with E-state index in [9.17, 15) is 9.59 Å². The first-order valence-electron chi connectivity index (χ1n) is 10.7. The van der Waals surface area contributed by atoms with Gasteiger partial charge < -0.3 is 20.2 Å². The molecule has 0 fully saturated rings. The molecule has 0 radical (unpaired) electrons. The molecule has 0 bridgehead atoms. The van der Waals surface area contributed by atoms with Crippen molar-refractivity contribution in [2.75, 3.05) is 5.32 Å². The average Bonchev–Trinajstić information content (AvgIpc) is 3.60. The molecule has 3 aromatic heterocycles. The highest BCUT2D eigenvalue weighted by Gasteiger charge is 2.24. The number of H-pyrrole nitrogens is 1. The van der Waals surface area contributed by atoms with Crippen LogP contribution in [0.5, 0.6) is 0 Å². The van der Waals surface area contributed by atoms with Crippen LogP contribution in [0.4, 0.5) is 5.69 Å². The van der Waals surface area contributed by atoms with Gasteiger partial charge in [0.15, 0.2) is 5.82 Å². The standard InChI is InChI=1S/C25H22N6O2S/c1-31-15-27-30-23(31)16-6-4-7-18(12-16)28-24(32)21(29-25(33)22-10-5-11-34-22)13-17-14-26-20-9-3-2-8-19(17)20/h2-12,14-15,21,26H,13H2,1H3,(H,28,32)(H,29,33)/t21-/m0/s1. The number of aryl methyl sites for hydroxylation is 1. The van der Waals surface area contributed by atoms with Gasteiger partial charge in [0, 0.05) is 41.8 Å². The highest BCUT2D eigenvalue weighted by molar-refractivity contribution is 7.12. The number of hydrogen-bond acceptors (Lipinski definition) is 5. The summed E-state index contributed by atoms with van der Waals surface area (Å²) in [6.45, 7) is 0. The number of carbonyl (C=O) groups excluding carboxylic acids is 2. The number of benzene rings is 2. The van der Waals surface area contributed by atoms with Crippen molar-refractivity contribution in [3.8, 4) is 11.4 Å². The number of nitrogens with zero attached hydrogens (tertiary/aromatic N) is 3. The third-order valence-electron chi connectivity index (χ3n) is 5.57. The fourth-order valence-electron chi connectivity index (χ4n) is 3.88. The Hall–Kier alpha value is -4.24. The first-order valence-corrected chi connectivity index (χ1v) is 11.6. The minimum absolute atomic E-state index is 0.275. The molecule has 5 rings (SSSR count). The lowest BCUT2D eigenvalue weighted by atomic mass is 10.0. The Bertz CT molecular complexity index is 1450. The quantitative estimate of drug-likeness (QED) is 0.334. The maximum atomic E-state index is 13.4. The number of aromatic nitrogens is 4. The number of carbonyl (C=O) groups is 2. The smallest absolute Gasteiger partial charge is 0.262 e. The van der Waals surface area contributed by atoms with Gasteiger partial charge in [-0.2, -0.15) is 0 Å². The second-order valence-electron chi connectivity index (χ2n) is 7.90. The molecule has 2 aromatic carbocycles. The van der Waals surface area contributed by atoms with E-state index in [4.69, 9.17) is 0 Å². The first-order chi connectivity index (χ1) is 16.6. The van der Waals surface area contributed by atoms with E-state index in [1.165, 1.54) is 11.3 Å². The zero-order valence-electron chi connectivity index (χ0n) is 18.4. The Balaban J connectivity index is 1.40. The zero-order valence-corrected chi connectivity index (χ0v) is 19.2. The molecule has 5 aromatic rings. The van der Waals surface area contributed by atoms with Crippen LogP contribution in [0.15, 0.2) is 78.6 Å². The second kappa shape index (κ2) is 9.32. The highest BCUT2D eigenvalue weighted by atomic mass is 32.1. The number of aromatic amines is 1. The van der Waals surface area contributed by atoms with Crippen molar-refractivity contribution in [1.29, 1.82) is 0 Å². The number of thiophene rings is 1. The SMILES string of the molecule is Cn1cnnc1-c1cccc(NC(=O)[C@H](Cc2c[nH]c3ccccc23)NC(=O)c2cccs2)c1. The summed E-state index contributed by atoms with van der Waals surface area (Å²) in [7, 11) is 1.86. The van der Waals surface area contributed by atoms with Crippen LogP contribution in [-0.2, 0) is 18.3 Å². The Kier molecular flexibility index (Phi) is 5.92. The third-order valence-corrected chi connectivity index (χ3v) is 6.43. The third kappa shape index (κ3) is 4.46. The summed E-state index contributed by atoms with van der Waals surface area (Å²) in [5, 5.41) is 16.8. The molecule has 0 saturated heterocycles. The molecular weight excluding hydrogens is 448 g/mol. The lowest BCUT2D eigenvalue weighted by Gasteiger charge is -2.18. The van der Waals surface area contributed by atoms with Crippen molar-refractivity contribution < 1.29 is 9.59 Å². The number of anilines is 1. The Morgan fingerprint density at radius 1 is 1.12 bits per heavy atom. The van der Waals surface area contributed by atoms with Crippen LogP contribution in [0.3, 0.4) is 0 Å². The van der Waals surface area contributed by atoms with Gasteiger partial charge in [0.2, 0.25) is 5.91 Å². The molecule has 9 heteroatoms. The van der Waals surface area contributed by atoms with Gasteiger partial charge in [-0.25, -0.2) is 0 Å². The topological polar surface area (TPSA) is 105 Å². The van der Waals surface area contributed by atoms with Gasteiger partial charge in [-0.3, -0.25) is 9.59 Å².